The van der Waals surface area contributed by atoms with Crippen molar-refractivity contribution in [2.24, 2.45) is 0 Å². The van der Waals surface area contributed by atoms with Crippen LogP contribution in [0.1, 0.15) is 0 Å². The highest BCUT2D eigenvalue weighted by Gasteiger charge is 2.15. The van der Waals surface area contributed by atoms with Crippen molar-refractivity contribution >= 4 is 10.8 Å². The fraction of sp³-hybridized carbons (Fsp3) is 0. The third-order valence-corrected chi connectivity index (χ3v) is 10.2. The number of hydrogen-bond acceptors (Lipinski definition) is 6. The molecule has 0 unspecified atom stereocenters. The largest absolute Gasteiger partial charge is 0.208 e. The Morgan fingerprint density at radius 3 is 0.897 bits per heavy atom. The van der Waals surface area contributed by atoms with Crippen molar-refractivity contribution in [2.75, 3.05) is 0 Å². The van der Waals surface area contributed by atoms with Gasteiger partial charge in [0.1, 0.15) is 0 Å². The molecule has 272 valence electrons. The molecule has 0 bridgehead atoms. The lowest BCUT2D eigenvalue weighted by atomic mass is 9.94. The number of aromatic nitrogens is 6. The van der Waals surface area contributed by atoms with E-state index in [4.69, 9.17) is 29.9 Å². The molecule has 10 rings (SSSR count). The molecule has 6 nitrogen and oxygen atoms in total. The molecule has 8 aromatic carbocycles. The Bertz CT molecular complexity index is 2890. The molecule has 0 saturated carbocycles. The zero-order valence-electron chi connectivity index (χ0n) is 31.3. The Kier molecular flexibility index (Phi) is 9.10. The molecule has 0 saturated heterocycles. The zero-order valence-corrected chi connectivity index (χ0v) is 31.3. The van der Waals surface area contributed by atoms with Crippen molar-refractivity contribution in [3.63, 3.8) is 0 Å². The number of hydrogen-bond donors (Lipinski definition) is 0. The Morgan fingerprint density at radius 1 is 0.207 bits per heavy atom. The van der Waals surface area contributed by atoms with Gasteiger partial charge in [-0.3, -0.25) is 0 Å². The number of rotatable bonds is 8. The maximum atomic E-state index is 4.91. The van der Waals surface area contributed by atoms with Crippen LogP contribution in [0.25, 0.3) is 101 Å². The van der Waals surface area contributed by atoms with Gasteiger partial charge in [-0.15, -0.1) is 0 Å². The number of fused-ring (bicyclic) bond motifs is 1. The van der Waals surface area contributed by atoms with E-state index >= 15 is 0 Å². The van der Waals surface area contributed by atoms with E-state index in [0.717, 1.165) is 61.0 Å². The van der Waals surface area contributed by atoms with Crippen LogP contribution in [0, 0.1) is 0 Å². The molecule has 0 amide bonds. The standard InChI is InChI=1S/C52H34N6/c1-5-14-37(15-6-1)47-53-48(38-16-7-2-8-17-38)56-51(55-47)41-28-24-35(25-29-41)43-32-33-46-44(34-43)22-13-23-45(46)36-26-30-42(31-27-36)52-57-49(39-18-9-3-10-19-39)54-50(58-52)40-20-11-4-12-21-40/h1-34H. The molecule has 2 aromatic heterocycles. The van der Waals surface area contributed by atoms with Crippen LogP contribution >= 0.6 is 0 Å². The fourth-order valence-electron chi connectivity index (χ4n) is 7.20. The second kappa shape index (κ2) is 15.3. The van der Waals surface area contributed by atoms with Crippen LogP contribution in [0.5, 0.6) is 0 Å². The third kappa shape index (κ3) is 7.02. The second-order valence-electron chi connectivity index (χ2n) is 14.0. The molecule has 0 aliphatic heterocycles. The topological polar surface area (TPSA) is 77.3 Å². The highest BCUT2D eigenvalue weighted by atomic mass is 15.0. The monoisotopic (exact) mass is 742 g/mol. The predicted octanol–water partition coefficient (Wildman–Crippen LogP) is 12.5. The SMILES string of the molecule is c1ccc(-c2nc(-c3ccccc3)nc(-c3ccc(-c4ccc5c(-c6ccc(-c7nc(-c8ccccc8)nc(-c8ccccc8)n7)cc6)cccc5c4)cc3)n2)cc1. The minimum atomic E-state index is 0.636. The molecule has 58 heavy (non-hydrogen) atoms. The summed E-state index contributed by atoms with van der Waals surface area (Å²) in [6.45, 7) is 0. The van der Waals surface area contributed by atoms with E-state index < -0.39 is 0 Å². The summed E-state index contributed by atoms with van der Waals surface area (Å²) < 4.78 is 0. The van der Waals surface area contributed by atoms with Gasteiger partial charge in [0.25, 0.3) is 0 Å². The minimum Gasteiger partial charge on any atom is -0.208 e. The van der Waals surface area contributed by atoms with E-state index in [9.17, 15) is 0 Å². The Hall–Kier alpha value is -7.96. The summed E-state index contributed by atoms with van der Waals surface area (Å²) in [5, 5.41) is 2.35. The van der Waals surface area contributed by atoms with Crippen LogP contribution in [-0.2, 0) is 0 Å². The van der Waals surface area contributed by atoms with E-state index in [-0.39, 0.29) is 0 Å². The van der Waals surface area contributed by atoms with Crippen molar-refractivity contribution in [3.8, 4) is 90.6 Å². The molecule has 0 aliphatic rings. The number of nitrogens with zero attached hydrogens (tertiary/aromatic N) is 6. The maximum Gasteiger partial charge on any atom is 0.164 e. The van der Waals surface area contributed by atoms with Gasteiger partial charge < -0.3 is 0 Å². The zero-order chi connectivity index (χ0) is 38.7. The van der Waals surface area contributed by atoms with Crippen molar-refractivity contribution in [2.45, 2.75) is 0 Å². The maximum absolute atomic E-state index is 4.91. The highest BCUT2D eigenvalue weighted by molar-refractivity contribution is 5.99. The van der Waals surface area contributed by atoms with E-state index in [1.807, 2.05) is 121 Å². The average molecular weight is 743 g/mol. The van der Waals surface area contributed by atoms with Gasteiger partial charge >= 0.3 is 0 Å². The lowest BCUT2D eigenvalue weighted by Crippen LogP contribution is -2.00. The lowest BCUT2D eigenvalue weighted by molar-refractivity contribution is 1.07. The molecule has 0 spiro atoms. The third-order valence-electron chi connectivity index (χ3n) is 10.2. The lowest BCUT2D eigenvalue weighted by Gasteiger charge is -2.11. The molecule has 10 aromatic rings. The second-order valence-corrected chi connectivity index (χ2v) is 14.0. The molecular weight excluding hydrogens is 709 g/mol. The molecule has 0 atom stereocenters. The van der Waals surface area contributed by atoms with Crippen LogP contribution < -0.4 is 0 Å². The van der Waals surface area contributed by atoms with Gasteiger partial charge in [0.05, 0.1) is 0 Å². The van der Waals surface area contributed by atoms with Crippen molar-refractivity contribution in [1.82, 2.24) is 29.9 Å². The van der Waals surface area contributed by atoms with Crippen molar-refractivity contribution < 1.29 is 0 Å². The van der Waals surface area contributed by atoms with Gasteiger partial charge in [-0.2, -0.15) is 0 Å². The summed E-state index contributed by atoms with van der Waals surface area (Å²) in [5.41, 5.74) is 10.2. The Morgan fingerprint density at radius 2 is 0.517 bits per heavy atom. The molecule has 0 radical (unpaired) electrons. The van der Waals surface area contributed by atoms with E-state index in [1.54, 1.807) is 0 Å². The fourth-order valence-corrected chi connectivity index (χ4v) is 7.20. The van der Waals surface area contributed by atoms with Crippen LogP contribution in [0.2, 0.25) is 0 Å². The van der Waals surface area contributed by atoms with Gasteiger partial charge in [-0.05, 0) is 39.1 Å². The van der Waals surface area contributed by atoms with Crippen molar-refractivity contribution in [1.29, 1.82) is 0 Å². The van der Waals surface area contributed by atoms with E-state index in [1.165, 1.54) is 5.39 Å². The van der Waals surface area contributed by atoms with E-state index in [0.29, 0.717) is 34.9 Å². The molecule has 0 aliphatic carbocycles. The van der Waals surface area contributed by atoms with Gasteiger partial charge in [-0.1, -0.05) is 200 Å². The van der Waals surface area contributed by atoms with Crippen LogP contribution in [0.3, 0.4) is 0 Å². The number of benzene rings is 8. The summed E-state index contributed by atoms with van der Waals surface area (Å²) in [6, 6.07) is 70.3. The van der Waals surface area contributed by atoms with Crippen LogP contribution in [0.4, 0.5) is 0 Å². The first-order valence-electron chi connectivity index (χ1n) is 19.2. The molecule has 0 N–H and O–H groups in total. The quantitative estimate of drug-likeness (QED) is 0.154. The highest BCUT2D eigenvalue weighted by Crippen LogP contribution is 2.34. The Labute approximate surface area is 336 Å². The smallest absolute Gasteiger partial charge is 0.164 e. The summed E-state index contributed by atoms with van der Waals surface area (Å²) in [7, 11) is 0. The molecule has 0 fully saturated rings. The molecule has 2 heterocycles. The van der Waals surface area contributed by atoms with Crippen LogP contribution in [-0.4, -0.2) is 29.9 Å². The summed E-state index contributed by atoms with van der Waals surface area (Å²) >= 11 is 0. The Balaban J connectivity index is 0.947. The predicted molar refractivity (Wildman–Crippen MR) is 234 cm³/mol. The molecule has 6 heteroatoms. The molecular formula is C52H34N6. The van der Waals surface area contributed by atoms with Crippen molar-refractivity contribution in [3.05, 3.63) is 206 Å². The summed E-state index contributed by atoms with van der Waals surface area (Å²) in [6.07, 6.45) is 0. The summed E-state index contributed by atoms with van der Waals surface area (Å²) in [4.78, 5) is 29.3. The average Bonchev–Trinajstić information content (AvgIpc) is 3.32. The van der Waals surface area contributed by atoms with Gasteiger partial charge in [0.2, 0.25) is 0 Å². The normalized spacial score (nSPS) is 11.1. The van der Waals surface area contributed by atoms with Crippen LogP contribution in [0.15, 0.2) is 206 Å². The van der Waals surface area contributed by atoms with Gasteiger partial charge in [-0.25, -0.2) is 29.9 Å². The summed E-state index contributed by atoms with van der Waals surface area (Å²) in [5.74, 6) is 3.86. The first-order chi connectivity index (χ1) is 28.7. The van der Waals surface area contributed by atoms with Gasteiger partial charge in [0, 0.05) is 33.4 Å². The first kappa shape index (κ1) is 34.5. The minimum absolute atomic E-state index is 0.636. The van der Waals surface area contributed by atoms with E-state index in [2.05, 4.69) is 84.9 Å². The van der Waals surface area contributed by atoms with Gasteiger partial charge in [0.15, 0.2) is 34.9 Å². The first-order valence-corrected chi connectivity index (χ1v) is 19.2.